The van der Waals surface area contributed by atoms with E-state index in [1.807, 2.05) is 46.8 Å². The van der Waals surface area contributed by atoms with Crippen molar-refractivity contribution in [1.82, 2.24) is 0 Å². The van der Waals surface area contributed by atoms with Crippen molar-refractivity contribution in [2.75, 3.05) is 37.2 Å². The summed E-state index contributed by atoms with van der Waals surface area (Å²) in [4.78, 5) is 0.0763. The zero-order valence-corrected chi connectivity index (χ0v) is 32.2. The third-order valence-corrected chi connectivity index (χ3v) is 11.9. The Labute approximate surface area is 285 Å². The summed E-state index contributed by atoms with van der Waals surface area (Å²) in [5.41, 5.74) is 5.31. The molecule has 45 heavy (non-hydrogen) atoms. The van der Waals surface area contributed by atoms with Gasteiger partial charge in [-0.2, -0.15) is 8.42 Å². The molecule has 3 rings (SSSR count). The molecule has 0 aromatic heterocycles. The molecule has 3 aromatic rings. The maximum atomic E-state index is 11.7. The molecule has 0 bridgehead atoms. The van der Waals surface area contributed by atoms with Gasteiger partial charge in [-0.3, -0.25) is 4.18 Å². The maximum absolute atomic E-state index is 11.7. The van der Waals surface area contributed by atoms with Crippen LogP contribution in [0, 0.1) is 34.6 Å². The molecule has 0 aliphatic heterocycles. The van der Waals surface area contributed by atoms with Crippen LogP contribution in [0.1, 0.15) is 40.7 Å². The molecule has 9 nitrogen and oxygen atoms in total. The van der Waals surface area contributed by atoms with E-state index in [9.17, 15) is 25.3 Å². The van der Waals surface area contributed by atoms with E-state index in [1.54, 1.807) is 24.3 Å². The molecule has 1 N–H and O–H groups in total. The molecular formula is C31H42Br2O9S3. The Bertz CT molecular complexity index is 1690. The lowest BCUT2D eigenvalue weighted by Gasteiger charge is -2.09. The van der Waals surface area contributed by atoms with E-state index >= 15 is 0 Å². The topological polar surface area (TPSA) is 141 Å². The molecule has 0 radical (unpaired) electrons. The molecule has 0 saturated heterocycles. The van der Waals surface area contributed by atoms with E-state index in [-0.39, 0.29) is 29.4 Å². The smallest absolute Gasteiger partial charge is 0.296 e. The molecule has 0 unspecified atom stereocenters. The second-order valence-corrected chi connectivity index (χ2v) is 18.4. The van der Waals surface area contributed by atoms with E-state index in [0.717, 1.165) is 48.8 Å². The Morgan fingerprint density at radius 3 is 1.47 bits per heavy atom. The largest absolute Gasteiger partial charge is 0.508 e. The quantitative estimate of drug-likeness (QED) is 0.164. The molecule has 14 heteroatoms. The van der Waals surface area contributed by atoms with Crippen LogP contribution in [0.4, 0.5) is 0 Å². The van der Waals surface area contributed by atoms with Crippen LogP contribution in [0.15, 0.2) is 62.4 Å². The predicted octanol–water partition coefficient (Wildman–Crippen LogP) is 6.79. The summed E-state index contributed by atoms with van der Waals surface area (Å²) in [7, 11) is -9.77. The monoisotopic (exact) mass is 812 g/mol. The Balaban J connectivity index is 0.000000351. The van der Waals surface area contributed by atoms with Gasteiger partial charge in [0.25, 0.3) is 10.1 Å². The Kier molecular flexibility index (Phi) is 16.8. The van der Waals surface area contributed by atoms with Crippen LogP contribution in [0.2, 0.25) is 0 Å². The van der Waals surface area contributed by atoms with E-state index in [0.29, 0.717) is 18.8 Å². The molecule has 0 amide bonds. The van der Waals surface area contributed by atoms with Crippen LogP contribution in [-0.2, 0) is 34.0 Å². The highest BCUT2D eigenvalue weighted by Crippen LogP contribution is 2.27. The molecule has 0 spiro atoms. The number of sulfone groups is 2. The number of halogens is 2. The van der Waals surface area contributed by atoms with Crippen molar-refractivity contribution in [3.8, 4) is 11.5 Å². The van der Waals surface area contributed by atoms with Crippen LogP contribution in [0.5, 0.6) is 11.5 Å². The van der Waals surface area contributed by atoms with Crippen LogP contribution in [0.3, 0.4) is 0 Å². The van der Waals surface area contributed by atoms with Gasteiger partial charge in [0.05, 0.1) is 29.6 Å². The molecular weight excluding hydrogens is 772 g/mol. The number of hydrogen-bond acceptors (Lipinski definition) is 9. The average Bonchev–Trinajstić information content (AvgIpc) is 2.91. The summed E-state index contributed by atoms with van der Waals surface area (Å²) in [5.74, 6) is 1.20. The van der Waals surface area contributed by atoms with Crippen molar-refractivity contribution in [3.63, 3.8) is 0 Å². The van der Waals surface area contributed by atoms with Crippen LogP contribution in [0.25, 0.3) is 0 Å². The maximum Gasteiger partial charge on any atom is 0.296 e. The highest BCUT2D eigenvalue weighted by molar-refractivity contribution is 9.10. The van der Waals surface area contributed by atoms with E-state index in [2.05, 4.69) is 31.9 Å². The number of phenolic OH excluding ortho intramolecular Hbond substituents is 1. The summed E-state index contributed by atoms with van der Waals surface area (Å²) in [6.07, 6.45) is 3.01. The van der Waals surface area contributed by atoms with Crippen molar-refractivity contribution in [2.45, 2.75) is 52.4 Å². The molecule has 0 heterocycles. The van der Waals surface area contributed by atoms with Gasteiger partial charge in [-0.1, -0.05) is 49.6 Å². The Hall–Kier alpha value is -1.97. The SMILES string of the molecule is Cc1cc(O)cc(C)c1Br.Cc1cc(OCCCS(C)(=O)=O)cc(C)c1Br.Cc1ccc(S(=O)(=O)OCCCS(C)(=O)=O)cc1. The third kappa shape index (κ3) is 17.0. The van der Waals surface area contributed by atoms with Crippen molar-refractivity contribution < 1.29 is 39.3 Å². The molecule has 0 atom stereocenters. The second kappa shape index (κ2) is 18.4. The van der Waals surface area contributed by atoms with Gasteiger partial charge < -0.3 is 9.84 Å². The molecule has 0 aliphatic carbocycles. The highest BCUT2D eigenvalue weighted by atomic mass is 79.9. The van der Waals surface area contributed by atoms with Gasteiger partial charge >= 0.3 is 0 Å². The number of hydrogen-bond donors (Lipinski definition) is 1. The fourth-order valence-corrected chi connectivity index (χ4v) is 6.37. The number of rotatable bonds is 11. The summed E-state index contributed by atoms with van der Waals surface area (Å²) < 4.78 is 79.4. The average molecular weight is 815 g/mol. The normalized spacial score (nSPS) is 11.6. The number of benzene rings is 3. The Morgan fingerprint density at radius 2 is 1.04 bits per heavy atom. The van der Waals surface area contributed by atoms with Gasteiger partial charge in [-0.15, -0.1) is 0 Å². The van der Waals surface area contributed by atoms with Crippen LogP contribution in [-0.4, -0.2) is 67.6 Å². The zero-order chi connectivity index (χ0) is 34.6. The van der Waals surface area contributed by atoms with E-state index in [4.69, 9.17) is 14.0 Å². The number of ether oxygens (including phenoxy) is 1. The Morgan fingerprint density at radius 1 is 0.644 bits per heavy atom. The van der Waals surface area contributed by atoms with Gasteiger partial charge in [0.2, 0.25) is 0 Å². The molecule has 0 aliphatic rings. The lowest BCUT2D eigenvalue weighted by Crippen LogP contribution is -2.11. The van der Waals surface area contributed by atoms with Crippen LogP contribution >= 0.6 is 31.9 Å². The van der Waals surface area contributed by atoms with Crippen molar-refractivity contribution >= 4 is 61.7 Å². The standard InChI is InChI=1S/C12H17BrO3S.C11H16O5S2.C8H9BrO/c1-9-7-11(8-10(2)12(9)13)16-5-4-6-17(3,14)15;1-10-4-6-11(7-5-10)18(14,15)16-8-3-9-17(2,12)13;1-5-3-7(10)4-6(2)8(5)9/h7-8H,4-6H2,1-3H3;4-7H,3,8-9H2,1-2H3;3-4,10H,1-2H3. The second-order valence-electron chi connectivity index (χ2n) is 10.7. The first kappa shape index (κ1) is 41.1. The zero-order valence-electron chi connectivity index (χ0n) is 26.6. The minimum absolute atomic E-state index is 0.0763. The van der Waals surface area contributed by atoms with Gasteiger partial charge in [-0.05, 0) is 106 Å². The number of aryl methyl sites for hydroxylation is 5. The molecule has 0 saturated carbocycles. The van der Waals surface area contributed by atoms with Crippen molar-refractivity contribution in [3.05, 3.63) is 85.3 Å². The number of phenols is 1. The van der Waals surface area contributed by atoms with Crippen LogP contribution < -0.4 is 4.74 Å². The first-order valence-electron chi connectivity index (χ1n) is 13.8. The third-order valence-electron chi connectivity index (χ3n) is 5.97. The summed E-state index contributed by atoms with van der Waals surface area (Å²) >= 11 is 6.89. The van der Waals surface area contributed by atoms with Gasteiger partial charge in [0, 0.05) is 21.5 Å². The van der Waals surface area contributed by atoms with Gasteiger partial charge in [0.1, 0.15) is 31.2 Å². The first-order valence-corrected chi connectivity index (χ1v) is 20.9. The lowest BCUT2D eigenvalue weighted by molar-refractivity contribution is 0.317. The fourth-order valence-electron chi connectivity index (χ4n) is 3.69. The molecule has 3 aromatic carbocycles. The van der Waals surface area contributed by atoms with E-state index in [1.165, 1.54) is 18.4 Å². The summed E-state index contributed by atoms with van der Waals surface area (Å²) in [6, 6.07) is 13.6. The molecule has 0 fully saturated rings. The first-order chi connectivity index (χ1) is 20.6. The minimum atomic E-state index is -3.79. The summed E-state index contributed by atoms with van der Waals surface area (Å²) in [6.45, 7) is 10.1. The summed E-state index contributed by atoms with van der Waals surface area (Å²) in [5, 5.41) is 9.10. The van der Waals surface area contributed by atoms with Gasteiger partial charge in [0.15, 0.2) is 0 Å². The minimum Gasteiger partial charge on any atom is -0.508 e. The molecule has 252 valence electrons. The van der Waals surface area contributed by atoms with Gasteiger partial charge in [-0.25, -0.2) is 16.8 Å². The lowest BCUT2D eigenvalue weighted by atomic mass is 10.1. The van der Waals surface area contributed by atoms with E-state index < -0.39 is 29.8 Å². The van der Waals surface area contributed by atoms with Crippen molar-refractivity contribution in [2.24, 2.45) is 0 Å². The highest BCUT2D eigenvalue weighted by Gasteiger charge is 2.15. The number of aromatic hydroxyl groups is 1. The fraction of sp³-hybridized carbons (Fsp3) is 0.419. The predicted molar refractivity (Wildman–Crippen MR) is 187 cm³/mol. The van der Waals surface area contributed by atoms with Crippen molar-refractivity contribution in [1.29, 1.82) is 0 Å².